The predicted octanol–water partition coefficient (Wildman–Crippen LogP) is 3.76. The highest BCUT2D eigenvalue weighted by Crippen LogP contribution is 2.23. The van der Waals surface area contributed by atoms with Crippen molar-refractivity contribution in [3.63, 3.8) is 0 Å². The maximum atomic E-state index is 14.0. The summed E-state index contributed by atoms with van der Waals surface area (Å²) in [6.45, 7) is 6.64. The second-order valence-electron chi connectivity index (χ2n) is 4.73. The quantitative estimate of drug-likeness (QED) is 0.911. The normalized spacial score (nSPS) is 12.4. The van der Waals surface area contributed by atoms with Gasteiger partial charge >= 0.3 is 0 Å². The summed E-state index contributed by atoms with van der Waals surface area (Å²) in [4.78, 5) is 5.59. The number of nitrogens with one attached hydrogen (secondary N) is 1. The molecule has 0 fully saturated rings. The van der Waals surface area contributed by atoms with Gasteiger partial charge in [-0.15, -0.1) is 11.3 Å². The van der Waals surface area contributed by atoms with Gasteiger partial charge in [-0.25, -0.2) is 9.37 Å². The van der Waals surface area contributed by atoms with E-state index in [2.05, 4.69) is 10.3 Å². The third-order valence-corrected chi connectivity index (χ3v) is 4.32. The molecular formula is C15H19FN2OS. The van der Waals surface area contributed by atoms with Crippen molar-refractivity contribution >= 4 is 11.3 Å². The molecule has 2 rings (SSSR count). The molecule has 0 spiro atoms. The van der Waals surface area contributed by atoms with E-state index < -0.39 is 0 Å². The fourth-order valence-corrected chi connectivity index (χ4v) is 2.97. The van der Waals surface area contributed by atoms with Crippen LogP contribution in [0.4, 0.5) is 4.39 Å². The average molecular weight is 294 g/mol. The van der Waals surface area contributed by atoms with Gasteiger partial charge in [0.1, 0.15) is 11.6 Å². The first-order chi connectivity index (χ1) is 9.51. The summed E-state index contributed by atoms with van der Waals surface area (Å²) in [6, 6.07) is 4.88. The van der Waals surface area contributed by atoms with Crippen LogP contribution in [0.1, 0.15) is 34.1 Å². The van der Waals surface area contributed by atoms with Gasteiger partial charge in [0.25, 0.3) is 0 Å². The Balaban J connectivity index is 2.05. The molecule has 0 amide bonds. The molecule has 1 aromatic carbocycles. The summed E-state index contributed by atoms with van der Waals surface area (Å²) in [6.07, 6.45) is 0. The fourth-order valence-electron chi connectivity index (χ4n) is 2.08. The molecule has 1 N–H and O–H groups in total. The molecule has 2 aromatic rings. The Morgan fingerprint density at radius 1 is 1.40 bits per heavy atom. The van der Waals surface area contributed by atoms with Crippen LogP contribution >= 0.6 is 11.3 Å². The van der Waals surface area contributed by atoms with Crippen LogP contribution in [0.15, 0.2) is 18.2 Å². The van der Waals surface area contributed by atoms with Gasteiger partial charge in [-0.05, 0) is 26.8 Å². The number of hydrogen-bond acceptors (Lipinski definition) is 4. The van der Waals surface area contributed by atoms with E-state index in [0.29, 0.717) is 17.9 Å². The number of aromatic nitrogens is 1. The Bertz CT molecular complexity index is 598. The van der Waals surface area contributed by atoms with Gasteiger partial charge in [0.2, 0.25) is 0 Å². The molecule has 20 heavy (non-hydrogen) atoms. The minimum atomic E-state index is -0.249. The summed E-state index contributed by atoms with van der Waals surface area (Å²) in [5.41, 5.74) is 1.69. The van der Waals surface area contributed by atoms with Crippen LogP contribution in [-0.4, -0.2) is 12.1 Å². The Kier molecular flexibility index (Phi) is 4.73. The van der Waals surface area contributed by atoms with Crippen molar-refractivity contribution in [1.82, 2.24) is 10.3 Å². The summed E-state index contributed by atoms with van der Waals surface area (Å²) in [5, 5.41) is 4.40. The largest absolute Gasteiger partial charge is 0.497 e. The SMILES string of the molecule is COc1ccc([C@@H](C)NCc2sc(C)nc2C)c(F)c1. The average Bonchev–Trinajstić information content (AvgIpc) is 2.74. The fraction of sp³-hybridized carbons (Fsp3) is 0.400. The van der Waals surface area contributed by atoms with Crippen LogP contribution in [0.3, 0.4) is 0 Å². The van der Waals surface area contributed by atoms with Crippen LogP contribution in [-0.2, 0) is 6.54 Å². The Labute approximate surface area is 122 Å². The Hall–Kier alpha value is -1.46. The summed E-state index contributed by atoms with van der Waals surface area (Å²) < 4.78 is 19.0. The third kappa shape index (κ3) is 3.35. The van der Waals surface area contributed by atoms with Crippen molar-refractivity contribution in [2.45, 2.75) is 33.4 Å². The molecule has 1 atom stereocenters. The van der Waals surface area contributed by atoms with Crippen LogP contribution < -0.4 is 10.1 Å². The number of hydrogen-bond donors (Lipinski definition) is 1. The number of halogens is 1. The van der Waals surface area contributed by atoms with Crippen LogP contribution in [0.2, 0.25) is 0 Å². The van der Waals surface area contributed by atoms with Gasteiger partial charge in [0.15, 0.2) is 0 Å². The molecule has 0 aliphatic rings. The van der Waals surface area contributed by atoms with Crippen molar-refractivity contribution in [1.29, 1.82) is 0 Å². The van der Waals surface area contributed by atoms with E-state index in [1.807, 2.05) is 20.8 Å². The molecule has 0 unspecified atom stereocenters. The number of benzene rings is 1. The van der Waals surface area contributed by atoms with Crippen molar-refractivity contribution in [3.05, 3.63) is 45.2 Å². The first-order valence-electron chi connectivity index (χ1n) is 6.51. The van der Waals surface area contributed by atoms with E-state index in [4.69, 9.17) is 4.74 Å². The van der Waals surface area contributed by atoms with E-state index in [1.165, 1.54) is 18.1 Å². The molecule has 0 aliphatic carbocycles. The Morgan fingerprint density at radius 3 is 2.70 bits per heavy atom. The molecule has 0 saturated carbocycles. The smallest absolute Gasteiger partial charge is 0.131 e. The van der Waals surface area contributed by atoms with Crippen LogP contribution in [0, 0.1) is 19.7 Å². The van der Waals surface area contributed by atoms with Crippen molar-refractivity contribution < 1.29 is 9.13 Å². The van der Waals surface area contributed by atoms with Gasteiger partial charge < -0.3 is 10.1 Å². The molecule has 0 saturated heterocycles. The van der Waals surface area contributed by atoms with Crippen LogP contribution in [0.5, 0.6) is 5.75 Å². The summed E-state index contributed by atoms with van der Waals surface area (Å²) in [5.74, 6) is 0.286. The molecule has 5 heteroatoms. The maximum Gasteiger partial charge on any atom is 0.131 e. The van der Waals surface area contributed by atoms with Crippen molar-refractivity contribution in [2.24, 2.45) is 0 Å². The van der Waals surface area contributed by atoms with E-state index in [1.54, 1.807) is 23.5 Å². The molecule has 1 heterocycles. The first kappa shape index (κ1) is 14.9. The van der Waals surface area contributed by atoms with Gasteiger partial charge in [0, 0.05) is 29.1 Å². The molecule has 3 nitrogen and oxygen atoms in total. The van der Waals surface area contributed by atoms with Gasteiger partial charge in [-0.2, -0.15) is 0 Å². The minimum Gasteiger partial charge on any atom is -0.497 e. The van der Waals surface area contributed by atoms with Crippen molar-refractivity contribution in [3.8, 4) is 5.75 Å². The number of nitrogens with zero attached hydrogens (tertiary/aromatic N) is 1. The number of thiazole rings is 1. The zero-order valence-corrected chi connectivity index (χ0v) is 13.0. The van der Waals surface area contributed by atoms with Gasteiger partial charge in [-0.3, -0.25) is 0 Å². The topological polar surface area (TPSA) is 34.1 Å². The van der Waals surface area contributed by atoms with Gasteiger partial charge in [0.05, 0.1) is 17.8 Å². The van der Waals surface area contributed by atoms with Crippen molar-refractivity contribution in [2.75, 3.05) is 7.11 Å². The minimum absolute atomic E-state index is 0.0669. The van der Waals surface area contributed by atoms with E-state index in [9.17, 15) is 4.39 Å². The molecule has 1 aromatic heterocycles. The monoisotopic (exact) mass is 294 g/mol. The zero-order chi connectivity index (χ0) is 14.7. The lowest BCUT2D eigenvalue weighted by molar-refractivity contribution is 0.409. The summed E-state index contributed by atoms with van der Waals surface area (Å²) in [7, 11) is 1.53. The second kappa shape index (κ2) is 6.33. The standard InChI is InChI=1S/C15H19FN2OS/c1-9(13-6-5-12(19-4)7-14(13)16)17-8-15-10(2)18-11(3)20-15/h5-7,9,17H,8H2,1-4H3/t9-/m1/s1. The second-order valence-corrected chi connectivity index (χ2v) is 6.02. The van der Waals surface area contributed by atoms with Gasteiger partial charge in [-0.1, -0.05) is 6.07 Å². The Morgan fingerprint density at radius 2 is 2.15 bits per heavy atom. The number of rotatable bonds is 5. The van der Waals surface area contributed by atoms with E-state index in [-0.39, 0.29) is 11.9 Å². The number of ether oxygens (including phenoxy) is 1. The lowest BCUT2D eigenvalue weighted by Gasteiger charge is -2.15. The highest BCUT2D eigenvalue weighted by molar-refractivity contribution is 7.11. The highest BCUT2D eigenvalue weighted by Gasteiger charge is 2.13. The maximum absolute atomic E-state index is 14.0. The molecule has 0 radical (unpaired) electrons. The third-order valence-electron chi connectivity index (χ3n) is 3.24. The molecular weight excluding hydrogens is 275 g/mol. The van der Waals surface area contributed by atoms with E-state index in [0.717, 1.165) is 10.7 Å². The molecule has 0 aliphatic heterocycles. The number of aryl methyl sites for hydroxylation is 2. The lowest BCUT2D eigenvalue weighted by Crippen LogP contribution is -2.19. The highest BCUT2D eigenvalue weighted by atomic mass is 32.1. The van der Waals surface area contributed by atoms with Crippen LogP contribution in [0.25, 0.3) is 0 Å². The summed E-state index contributed by atoms with van der Waals surface area (Å²) >= 11 is 1.67. The number of methoxy groups -OCH3 is 1. The van der Waals surface area contributed by atoms with E-state index >= 15 is 0 Å². The molecule has 0 bridgehead atoms. The first-order valence-corrected chi connectivity index (χ1v) is 7.32. The lowest BCUT2D eigenvalue weighted by atomic mass is 10.1. The molecule has 108 valence electrons. The zero-order valence-electron chi connectivity index (χ0n) is 12.2. The predicted molar refractivity (Wildman–Crippen MR) is 79.8 cm³/mol.